The van der Waals surface area contributed by atoms with Crippen LogP contribution in [-0.2, 0) is 0 Å². The Balaban J connectivity index is 2.11. The molecule has 0 aliphatic rings. The summed E-state index contributed by atoms with van der Waals surface area (Å²) in [5, 5.41) is 11.0. The van der Waals surface area contributed by atoms with E-state index in [-0.39, 0.29) is 6.54 Å². The standard InChI is InChI=1S/C18H18N4O2/c1-13-15-7-2-3-8-16(15)21(10-5-11-22(24)18(19)23)17(13)14-6-4-9-20-12-14/h2-10,12,24H,11H2,1H3,(H2,19,23)/b10-5+. The van der Waals surface area contributed by atoms with Gasteiger partial charge in [-0.05, 0) is 36.8 Å². The second-order valence-electron chi connectivity index (χ2n) is 5.41. The summed E-state index contributed by atoms with van der Waals surface area (Å²) >= 11 is 0. The number of rotatable bonds is 4. The van der Waals surface area contributed by atoms with Gasteiger partial charge in [-0.2, -0.15) is 0 Å². The van der Waals surface area contributed by atoms with Crippen molar-refractivity contribution in [2.45, 2.75) is 6.92 Å². The zero-order valence-electron chi connectivity index (χ0n) is 13.3. The van der Waals surface area contributed by atoms with E-state index in [9.17, 15) is 10.0 Å². The topological polar surface area (TPSA) is 84.4 Å². The summed E-state index contributed by atoms with van der Waals surface area (Å²) in [4.78, 5) is 15.1. The summed E-state index contributed by atoms with van der Waals surface area (Å²) in [5.74, 6) is 0. The zero-order valence-corrected chi connectivity index (χ0v) is 13.3. The fourth-order valence-corrected chi connectivity index (χ4v) is 2.79. The number of hydrogen-bond acceptors (Lipinski definition) is 3. The Bertz CT molecular complexity index is 900. The number of hydroxylamine groups is 2. The van der Waals surface area contributed by atoms with E-state index in [1.54, 1.807) is 12.3 Å². The van der Waals surface area contributed by atoms with Gasteiger partial charge in [-0.1, -0.05) is 18.2 Å². The van der Waals surface area contributed by atoms with Gasteiger partial charge < -0.3 is 10.3 Å². The van der Waals surface area contributed by atoms with E-state index in [1.165, 1.54) is 0 Å². The van der Waals surface area contributed by atoms with Crippen LogP contribution in [0.25, 0.3) is 28.4 Å². The fraction of sp³-hybridized carbons (Fsp3) is 0.111. The van der Waals surface area contributed by atoms with Crippen LogP contribution in [0.1, 0.15) is 5.56 Å². The van der Waals surface area contributed by atoms with Crippen molar-refractivity contribution in [1.29, 1.82) is 0 Å². The molecule has 3 rings (SSSR count). The van der Waals surface area contributed by atoms with Gasteiger partial charge in [0.2, 0.25) is 0 Å². The van der Waals surface area contributed by atoms with Crippen molar-refractivity contribution in [3.8, 4) is 11.3 Å². The minimum absolute atomic E-state index is 0.00731. The molecule has 3 N–H and O–H groups in total. The third-order valence-corrected chi connectivity index (χ3v) is 3.89. The molecule has 24 heavy (non-hydrogen) atoms. The Labute approximate surface area is 139 Å². The highest BCUT2D eigenvalue weighted by Gasteiger charge is 2.14. The smallest absolute Gasteiger partial charge is 0.338 e. The second-order valence-corrected chi connectivity index (χ2v) is 5.41. The number of carbonyl (C=O) groups is 1. The normalized spacial score (nSPS) is 11.2. The van der Waals surface area contributed by atoms with E-state index in [0.29, 0.717) is 5.06 Å². The molecule has 6 nitrogen and oxygen atoms in total. The van der Waals surface area contributed by atoms with E-state index < -0.39 is 6.03 Å². The van der Waals surface area contributed by atoms with Crippen LogP contribution in [0.3, 0.4) is 0 Å². The Morgan fingerprint density at radius 2 is 2.12 bits per heavy atom. The first-order valence-electron chi connectivity index (χ1n) is 7.52. The number of amides is 2. The van der Waals surface area contributed by atoms with Gasteiger partial charge in [-0.15, -0.1) is 0 Å². The zero-order chi connectivity index (χ0) is 17.1. The lowest BCUT2D eigenvalue weighted by Gasteiger charge is -2.10. The molecule has 1 aromatic carbocycles. The van der Waals surface area contributed by atoms with Crippen molar-refractivity contribution in [3.05, 3.63) is 60.4 Å². The van der Waals surface area contributed by atoms with Crippen LogP contribution < -0.4 is 5.73 Å². The molecular formula is C18H18N4O2. The summed E-state index contributed by atoms with van der Waals surface area (Å²) < 4.78 is 2.02. The largest absolute Gasteiger partial charge is 0.350 e. The molecule has 2 aromatic heterocycles. The lowest BCUT2D eigenvalue weighted by Crippen LogP contribution is -2.32. The molecule has 122 valence electrons. The first-order chi connectivity index (χ1) is 11.6. The number of pyridine rings is 1. The average Bonchev–Trinajstić information content (AvgIpc) is 2.88. The number of aromatic nitrogens is 2. The number of benzene rings is 1. The van der Waals surface area contributed by atoms with Gasteiger partial charge in [0.1, 0.15) is 0 Å². The minimum Gasteiger partial charge on any atom is -0.350 e. The molecule has 0 saturated heterocycles. The van der Waals surface area contributed by atoms with Crippen LogP contribution >= 0.6 is 0 Å². The molecule has 3 aromatic rings. The van der Waals surface area contributed by atoms with Crippen molar-refractivity contribution in [1.82, 2.24) is 14.6 Å². The molecular weight excluding hydrogens is 304 g/mol. The Hall–Kier alpha value is -3.12. The molecule has 0 radical (unpaired) electrons. The van der Waals surface area contributed by atoms with E-state index >= 15 is 0 Å². The van der Waals surface area contributed by atoms with Crippen LogP contribution in [0.4, 0.5) is 4.79 Å². The molecule has 0 atom stereocenters. The molecule has 0 bridgehead atoms. The number of urea groups is 1. The summed E-state index contributed by atoms with van der Waals surface area (Å²) in [6, 6.07) is 11.1. The first kappa shape index (κ1) is 15.8. The van der Waals surface area contributed by atoms with Gasteiger partial charge in [0, 0.05) is 29.5 Å². The lowest BCUT2D eigenvalue weighted by atomic mass is 10.1. The summed E-state index contributed by atoms with van der Waals surface area (Å²) in [7, 11) is 0. The van der Waals surface area contributed by atoms with Gasteiger partial charge in [0.05, 0.1) is 17.8 Å². The molecule has 0 aliphatic carbocycles. The quantitative estimate of drug-likeness (QED) is 0.571. The maximum absolute atomic E-state index is 10.9. The highest BCUT2D eigenvalue weighted by atomic mass is 16.5. The number of carbonyl (C=O) groups excluding carboxylic acids is 1. The number of hydrogen-bond donors (Lipinski definition) is 2. The molecule has 0 spiro atoms. The maximum atomic E-state index is 10.9. The molecule has 0 unspecified atom stereocenters. The van der Waals surface area contributed by atoms with E-state index in [2.05, 4.69) is 18.0 Å². The monoisotopic (exact) mass is 322 g/mol. The maximum Gasteiger partial charge on any atom is 0.338 e. The number of nitrogens with zero attached hydrogens (tertiary/aromatic N) is 3. The fourth-order valence-electron chi connectivity index (χ4n) is 2.79. The van der Waals surface area contributed by atoms with Crippen molar-refractivity contribution in [2.75, 3.05) is 6.54 Å². The number of aryl methyl sites for hydroxylation is 1. The van der Waals surface area contributed by atoms with Gasteiger partial charge >= 0.3 is 6.03 Å². The number of fused-ring (bicyclic) bond motifs is 1. The third kappa shape index (κ3) is 2.87. The number of para-hydroxylation sites is 1. The van der Waals surface area contributed by atoms with Gasteiger partial charge in [-0.25, -0.2) is 9.86 Å². The van der Waals surface area contributed by atoms with Crippen LogP contribution in [0.2, 0.25) is 0 Å². The van der Waals surface area contributed by atoms with E-state index in [0.717, 1.165) is 27.7 Å². The molecule has 2 heterocycles. The SMILES string of the molecule is Cc1c(-c2cccnc2)n(/C=C/CN(O)C(N)=O)c2ccccc12. The predicted octanol–water partition coefficient (Wildman–Crippen LogP) is 3.25. The van der Waals surface area contributed by atoms with Crippen LogP contribution in [-0.4, -0.2) is 32.4 Å². The number of nitrogens with two attached hydrogens (primary N) is 1. The highest BCUT2D eigenvalue weighted by molar-refractivity contribution is 5.93. The van der Waals surface area contributed by atoms with Gasteiger partial charge in [0.25, 0.3) is 0 Å². The first-order valence-corrected chi connectivity index (χ1v) is 7.52. The minimum atomic E-state index is -0.888. The molecule has 0 saturated carbocycles. The van der Waals surface area contributed by atoms with Crippen molar-refractivity contribution < 1.29 is 10.0 Å². The lowest BCUT2D eigenvalue weighted by molar-refractivity contribution is -0.0286. The Kier molecular flexibility index (Phi) is 4.31. The molecule has 0 fully saturated rings. The van der Waals surface area contributed by atoms with Crippen LogP contribution in [0.5, 0.6) is 0 Å². The molecule has 0 aliphatic heterocycles. The van der Waals surface area contributed by atoms with E-state index in [1.807, 2.05) is 47.3 Å². The average molecular weight is 322 g/mol. The van der Waals surface area contributed by atoms with Crippen molar-refractivity contribution in [2.24, 2.45) is 5.73 Å². The second kappa shape index (κ2) is 6.55. The van der Waals surface area contributed by atoms with E-state index in [4.69, 9.17) is 5.73 Å². The third-order valence-electron chi connectivity index (χ3n) is 3.89. The Morgan fingerprint density at radius 1 is 1.33 bits per heavy atom. The summed E-state index contributed by atoms with van der Waals surface area (Å²) in [6.45, 7) is 2.07. The van der Waals surface area contributed by atoms with Crippen LogP contribution in [0.15, 0.2) is 54.9 Å². The van der Waals surface area contributed by atoms with Gasteiger partial charge in [0.15, 0.2) is 0 Å². The highest BCUT2D eigenvalue weighted by Crippen LogP contribution is 2.33. The predicted molar refractivity (Wildman–Crippen MR) is 93.3 cm³/mol. The summed E-state index contributed by atoms with van der Waals surface area (Å²) in [5.41, 5.74) is 9.20. The summed E-state index contributed by atoms with van der Waals surface area (Å²) in [6.07, 6.45) is 7.05. The van der Waals surface area contributed by atoms with Crippen molar-refractivity contribution in [3.63, 3.8) is 0 Å². The molecule has 6 heteroatoms. The number of primary amides is 1. The van der Waals surface area contributed by atoms with Crippen molar-refractivity contribution >= 4 is 23.1 Å². The van der Waals surface area contributed by atoms with Crippen LogP contribution in [0, 0.1) is 6.92 Å². The van der Waals surface area contributed by atoms with Gasteiger partial charge in [-0.3, -0.25) is 10.2 Å². The Morgan fingerprint density at radius 3 is 2.83 bits per heavy atom. The molecule has 2 amide bonds.